The molecule has 1 aromatic carbocycles. The molecule has 0 radical (unpaired) electrons. The van der Waals surface area contributed by atoms with Crippen LogP contribution in [0.15, 0.2) is 18.2 Å². The highest BCUT2D eigenvalue weighted by Gasteiger charge is 2.32. The molecule has 0 bridgehead atoms. The molecule has 5 nitrogen and oxygen atoms in total. The first kappa shape index (κ1) is 13.2. The van der Waals surface area contributed by atoms with Crippen molar-refractivity contribution in [1.82, 2.24) is 10.2 Å². The Morgan fingerprint density at radius 3 is 2.85 bits per heavy atom. The Bertz CT molecular complexity index is 510. The second-order valence-corrected chi connectivity index (χ2v) is 5.56. The SMILES string of the molecule is CC(=O)NC1CCN(C2COc3cc(O)ccc32)CC1. The summed E-state index contributed by atoms with van der Waals surface area (Å²) in [7, 11) is 0. The predicted octanol–water partition coefficient (Wildman–Crippen LogP) is 1.43. The maximum atomic E-state index is 11.1. The number of phenolic OH excluding ortho intramolecular Hbond substituents is 1. The van der Waals surface area contributed by atoms with E-state index in [1.54, 1.807) is 19.1 Å². The Hall–Kier alpha value is -1.75. The fourth-order valence-electron chi connectivity index (χ4n) is 3.13. The highest BCUT2D eigenvalue weighted by Crippen LogP contribution is 2.38. The Balaban J connectivity index is 1.64. The fourth-order valence-corrected chi connectivity index (χ4v) is 3.13. The number of hydrogen-bond acceptors (Lipinski definition) is 4. The molecule has 1 atom stereocenters. The van der Waals surface area contributed by atoms with Gasteiger partial charge in [0.05, 0.1) is 6.04 Å². The number of rotatable bonds is 2. The van der Waals surface area contributed by atoms with Crippen molar-refractivity contribution in [3.8, 4) is 11.5 Å². The van der Waals surface area contributed by atoms with Gasteiger partial charge in [0.2, 0.25) is 5.91 Å². The smallest absolute Gasteiger partial charge is 0.217 e. The second-order valence-electron chi connectivity index (χ2n) is 5.56. The zero-order valence-corrected chi connectivity index (χ0v) is 11.6. The molecule has 5 heteroatoms. The molecule has 1 saturated heterocycles. The maximum absolute atomic E-state index is 11.1. The average molecular weight is 276 g/mol. The van der Waals surface area contributed by atoms with Gasteiger partial charge in [0.25, 0.3) is 0 Å². The summed E-state index contributed by atoms with van der Waals surface area (Å²) in [6.07, 6.45) is 1.95. The lowest BCUT2D eigenvalue weighted by atomic mass is 10.00. The quantitative estimate of drug-likeness (QED) is 0.857. The van der Waals surface area contributed by atoms with Crippen molar-refractivity contribution in [3.63, 3.8) is 0 Å². The van der Waals surface area contributed by atoms with Gasteiger partial charge in [0.1, 0.15) is 18.1 Å². The first-order chi connectivity index (χ1) is 9.63. The third-order valence-electron chi connectivity index (χ3n) is 4.13. The van der Waals surface area contributed by atoms with E-state index in [0.29, 0.717) is 12.6 Å². The van der Waals surface area contributed by atoms with Gasteiger partial charge in [-0.2, -0.15) is 0 Å². The molecule has 2 aliphatic rings. The minimum Gasteiger partial charge on any atom is -0.508 e. The van der Waals surface area contributed by atoms with Crippen LogP contribution < -0.4 is 10.1 Å². The molecule has 2 N–H and O–H groups in total. The molecular weight excluding hydrogens is 256 g/mol. The number of carbonyl (C=O) groups is 1. The van der Waals surface area contributed by atoms with Gasteiger partial charge < -0.3 is 15.2 Å². The van der Waals surface area contributed by atoms with Crippen LogP contribution in [-0.2, 0) is 4.79 Å². The number of aromatic hydroxyl groups is 1. The predicted molar refractivity (Wildman–Crippen MR) is 74.8 cm³/mol. The molecule has 1 aromatic rings. The normalized spacial score (nSPS) is 23.1. The van der Waals surface area contributed by atoms with Gasteiger partial charge in [-0.25, -0.2) is 0 Å². The van der Waals surface area contributed by atoms with Gasteiger partial charge >= 0.3 is 0 Å². The van der Waals surface area contributed by atoms with Crippen LogP contribution >= 0.6 is 0 Å². The van der Waals surface area contributed by atoms with E-state index in [0.717, 1.165) is 37.2 Å². The Labute approximate surface area is 118 Å². The summed E-state index contributed by atoms with van der Waals surface area (Å²) in [5, 5.41) is 12.5. The zero-order chi connectivity index (χ0) is 14.1. The van der Waals surface area contributed by atoms with Crippen molar-refractivity contribution in [2.45, 2.75) is 31.8 Å². The molecule has 0 saturated carbocycles. The fraction of sp³-hybridized carbons (Fsp3) is 0.533. The van der Waals surface area contributed by atoms with Crippen molar-refractivity contribution in [2.75, 3.05) is 19.7 Å². The van der Waals surface area contributed by atoms with Crippen LogP contribution in [0.3, 0.4) is 0 Å². The van der Waals surface area contributed by atoms with Gasteiger partial charge in [-0.3, -0.25) is 9.69 Å². The molecule has 1 amide bonds. The maximum Gasteiger partial charge on any atom is 0.217 e. The number of fused-ring (bicyclic) bond motifs is 1. The van der Waals surface area contributed by atoms with Crippen LogP contribution in [0.2, 0.25) is 0 Å². The number of carbonyl (C=O) groups excluding carboxylic acids is 1. The third kappa shape index (κ3) is 2.58. The highest BCUT2D eigenvalue weighted by molar-refractivity contribution is 5.73. The van der Waals surface area contributed by atoms with E-state index in [2.05, 4.69) is 10.2 Å². The summed E-state index contributed by atoms with van der Waals surface area (Å²) in [4.78, 5) is 13.5. The van der Waals surface area contributed by atoms with E-state index < -0.39 is 0 Å². The molecule has 3 rings (SSSR count). The molecule has 0 aromatic heterocycles. The minimum atomic E-state index is 0.0495. The molecule has 2 heterocycles. The minimum absolute atomic E-state index is 0.0495. The number of benzene rings is 1. The largest absolute Gasteiger partial charge is 0.508 e. The van der Waals surface area contributed by atoms with Crippen LogP contribution in [-0.4, -0.2) is 41.7 Å². The number of amides is 1. The van der Waals surface area contributed by atoms with Crippen LogP contribution in [0.5, 0.6) is 11.5 Å². The summed E-state index contributed by atoms with van der Waals surface area (Å²) < 4.78 is 5.67. The first-order valence-electron chi connectivity index (χ1n) is 7.10. The number of piperidine rings is 1. The summed E-state index contributed by atoms with van der Waals surface area (Å²) in [6, 6.07) is 5.90. The van der Waals surface area contributed by atoms with E-state index in [1.165, 1.54) is 0 Å². The number of phenols is 1. The van der Waals surface area contributed by atoms with Gasteiger partial charge in [0, 0.05) is 37.7 Å². The lowest BCUT2D eigenvalue weighted by Crippen LogP contribution is -2.45. The number of ether oxygens (including phenoxy) is 1. The molecule has 2 aliphatic heterocycles. The lowest BCUT2D eigenvalue weighted by molar-refractivity contribution is -0.120. The molecule has 0 spiro atoms. The van der Waals surface area contributed by atoms with Crippen LogP contribution in [0.25, 0.3) is 0 Å². The molecule has 1 unspecified atom stereocenters. The van der Waals surface area contributed by atoms with Crippen molar-refractivity contribution in [2.24, 2.45) is 0 Å². The van der Waals surface area contributed by atoms with Crippen LogP contribution in [0, 0.1) is 0 Å². The number of likely N-dealkylation sites (tertiary alicyclic amines) is 1. The summed E-state index contributed by atoms with van der Waals surface area (Å²) in [6.45, 7) is 4.13. The van der Waals surface area contributed by atoms with Gasteiger partial charge in [0.15, 0.2) is 0 Å². The van der Waals surface area contributed by atoms with Gasteiger partial charge in [-0.1, -0.05) is 0 Å². The summed E-state index contributed by atoms with van der Waals surface area (Å²) in [5.41, 5.74) is 1.15. The molecular formula is C15H20N2O3. The Kier molecular flexibility index (Phi) is 3.53. The summed E-state index contributed by atoms with van der Waals surface area (Å²) in [5.74, 6) is 1.08. The molecule has 1 fully saturated rings. The number of nitrogens with one attached hydrogen (secondary N) is 1. The third-order valence-corrected chi connectivity index (χ3v) is 4.13. The lowest BCUT2D eigenvalue weighted by Gasteiger charge is -2.35. The average Bonchev–Trinajstić information content (AvgIpc) is 2.82. The second kappa shape index (κ2) is 5.32. The standard InChI is InChI=1S/C15H20N2O3/c1-10(18)16-11-4-6-17(7-5-11)14-9-20-15-8-12(19)2-3-13(14)15/h2-3,8,11,14,19H,4-7,9H2,1H3,(H,16,18). The van der Waals surface area contributed by atoms with E-state index in [1.807, 2.05) is 6.07 Å². The van der Waals surface area contributed by atoms with Crippen molar-refractivity contribution >= 4 is 5.91 Å². The first-order valence-corrected chi connectivity index (χ1v) is 7.10. The van der Waals surface area contributed by atoms with E-state index in [4.69, 9.17) is 4.74 Å². The molecule has 0 aliphatic carbocycles. The monoisotopic (exact) mass is 276 g/mol. The van der Waals surface area contributed by atoms with E-state index >= 15 is 0 Å². The number of hydrogen-bond donors (Lipinski definition) is 2. The van der Waals surface area contributed by atoms with Crippen LogP contribution in [0.4, 0.5) is 0 Å². The van der Waals surface area contributed by atoms with E-state index in [-0.39, 0.29) is 17.7 Å². The van der Waals surface area contributed by atoms with Gasteiger partial charge in [-0.15, -0.1) is 0 Å². The summed E-state index contributed by atoms with van der Waals surface area (Å²) >= 11 is 0. The van der Waals surface area contributed by atoms with E-state index in [9.17, 15) is 9.90 Å². The Morgan fingerprint density at radius 1 is 1.40 bits per heavy atom. The topological polar surface area (TPSA) is 61.8 Å². The molecule has 108 valence electrons. The van der Waals surface area contributed by atoms with Crippen molar-refractivity contribution < 1.29 is 14.6 Å². The zero-order valence-electron chi connectivity index (χ0n) is 11.6. The van der Waals surface area contributed by atoms with Gasteiger partial charge in [-0.05, 0) is 25.0 Å². The van der Waals surface area contributed by atoms with Crippen molar-refractivity contribution in [3.05, 3.63) is 23.8 Å². The number of nitrogens with zero attached hydrogens (tertiary/aromatic N) is 1. The van der Waals surface area contributed by atoms with Crippen LogP contribution in [0.1, 0.15) is 31.4 Å². The Morgan fingerprint density at radius 2 is 2.15 bits per heavy atom. The van der Waals surface area contributed by atoms with Crippen molar-refractivity contribution in [1.29, 1.82) is 0 Å². The highest BCUT2D eigenvalue weighted by atomic mass is 16.5. The molecule has 20 heavy (non-hydrogen) atoms.